The third kappa shape index (κ3) is 3.03. The van der Waals surface area contributed by atoms with Crippen molar-refractivity contribution in [1.82, 2.24) is 4.98 Å². The topological polar surface area (TPSA) is 44.5 Å². The van der Waals surface area contributed by atoms with Crippen molar-refractivity contribution in [2.24, 2.45) is 0 Å². The fourth-order valence-corrected chi connectivity index (χ4v) is 2.37. The lowest BCUT2D eigenvalue weighted by atomic mass is 10.2. The Morgan fingerprint density at radius 2 is 1.90 bits per heavy atom. The number of fused-ring (bicyclic) bond motifs is 1. The number of hydrogen-bond donors (Lipinski definition) is 0. The van der Waals surface area contributed by atoms with E-state index in [0.717, 1.165) is 10.0 Å². The Bertz CT molecular complexity index is 740. The first-order valence-electron chi connectivity index (χ1n) is 6.66. The molecule has 0 radical (unpaired) electrons. The maximum absolute atomic E-state index is 5.85. The molecular weight excluding hydrogens is 334 g/mol. The molecule has 21 heavy (non-hydrogen) atoms. The summed E-state index contributed by atoms with van der Waals surface area (Å²) in [6.07, 6.45) is 0.254. The summed E-state index contributed by atoms with van der Waals surface area (Å²) in [4.78, 5) is 4.33. The van der Waals surface area contributed by atoms with Crippen LogP contribution in [0.1, 0.15) is 12.5 Å². The summed E-state index contributed by atoms with van der Waals surface area (Å²) < 4.78 is 17.6. The Morgan fingerprint density at radius 3 is 2.67 bits per heavy atom. The van der Waals surface area contributed by atoms with Gasteiger partial charge in [-0.1, -0.05) is 30.3 Å². The molecule has 108 valence electrons. The van der Waals surface area contributed by atoms with E-state index in [-0.39, 0.29) is 6.08 Å². The number of nitrogens with zero attached hydrogens (tertiary/aromatic N) is 1. The van der Waals surface area contributed by atoms with E-state index in [9.17, 15) is 0 Å². The van der Waals surface area contributed by atoms with E-state index in [0.29, 0.717) is 30.1 Å². The van der Waals surface area contributed by atoms with Gasteiger partial charge in [-0.3, -0.25) is 0 Å². The molecule has 3 rings (SSSR count). The molecule has 5 heteroatoms. The Labute approximate surface area is 130 Å². The van der Waals surface area contributed by atoms with E-state index in [4.69, 9.17) is 13.9 Å². The molecule has 0 bridgehead atoms. The standard InChI is InChI=1S/C16H14BrNO3/c1-2-19-16-18-14-13(9-8-12(17)15(14)21-16)20-10-11-6-4-3-5-7-11/h3-9H,2,10H2,1H3. The predicted molar refractivity (Wildman–Crippen MR) is 83.7 cm³/mol. The van der Waals surface area contributed by atoms with Crippen molar-refractivity contribution < 1.29 is 13.9 Å². The quantitative estimate of drug-likeness (QED) is 0.678. The Balaban J connectivity index is 1.89. The lowest BCUT2D eigenvalue weighted by molar-refractivity contribution is 0.251. The third-order valence-corrected chi connectivity index (χ3v) is 3.57. The molecule has 0 spiro atoms. The Kier molecular flexibility index (Phi) is 4.10. The lowest BCUT2D eigenvalue weighted by Gasteiger charge is -2.06. The first-order valence-corrected chi connectivity index (χ1v) is 7.46. The molecule has 0 aliphatic carbocycles. The fraction of sp³-hybridized carbons (Fsp3) is 0.188. The van der Waals surface area contributed by atoms with Gasteiger partial charge in [-0.15, -0.1) is 0 Å². The van der Waals surface area contributed by atoms with Crippen molar-refractivity contribution in [2.75, 3.05) is 6.61 Å². The van der Waals surface area contributed by atoms with E-state index in [1.54, 1.807) is 0 Å². The molecule has 4 nitrogen and oxygen atoms in total. The predicted octanol–water partition coefficient (Wildman–Crippen LogP) is 4.57. The minimum atomic E-state index is 0.254. The average molecular weight is 348 g/mol. The molecule has 0 aliphatic heterocycles. The largest absolute Gasteiger partial charge is 0.486 e. The summed E-state index contributed by atoms with van der Waals surface area (Å²) >= 11 is 3.45. The number of ether oxygens (including phenoxy) is 2. The third-order valence-electron chi connectivity index (χ3n) is 2.94. The van der Waals surface area contributed by atoms with Crippen LogP contribution in [0.5, 0.6) is 11.8 Å². The number of benzene rings is 2. The molecule has 2 aromatic carbocycles. The van der Waals surface area contributed by atoms with Crippen molar-refractivity contribution >= 4 is 27.0 Å². The van der Waals surface area contributed by atoms with Gasteiger partial charge in [0.1, 0.15) is 12.4 Å². The molecular formula is C16H14BrNO3. The van der Waals surface area contributed by atoms with Crippen molar-refractivity contribution in [3.63, 3.8) is 0 Å². The van der Waals surface area contributed by atoms with Gasteiger partial charge >= 0.3 is 6.08 Å². The Hall–Kier alpha value is -2.01. The zero-order chi connectivity index (χ0) is 14.7. The minimum Gasteiger partial charge on any atom is -0.486 e. The van der Waals surface area contributed by atoms with Crippen LogP contribution in [-0.2, 0) is 6.61 Å². The molecule has 0 aliphatic rings. The van der Waals surface area contributed by atoms with Gasteiger partial charge in [0.2, 0.25) is 0 Å². The second kappa shape index (κ2) is 6.18. The molecule has 0 unspecified atom stereocenters. The van der Waals surface area contributed by atoms with Crippen LogP contribution in [-0.4, -0.2) is 11.6 Å². The van der Waals surface area contributed by atoms with Crippen LogP contribution in [0.15, 0.2) is 51.4 Å². The van der Waals surface area contributed by atoms with E-state index in [1.165, 1.54) is 0 Å². The van der Waals surface area contributed by atoms with E-state index >= 15 is 0 Å². The molecule has 0 amide bonds. The van der Waals surface area contributed by atoms with Crippen molar-refractivity contribution in [3.8, 4) is 11.8 Å². The highest BCUT2D eigenvalue weighted by Crippen LogP contribution is 2.34. The normalized spacial score (nSPS) is 10.8. The molecule has 3 aromatic rings. The number of aromatic nitrogens is 1. The SMILES string of the molecule is CCOc1nc2c(OCc3ccccc3)ccc(Br)c2o1. The van der Waals surface area contributed by atoms with Gasteiger partial charge < -0.3 is 13.9 Å². The second-order valence-electron chi connectivity index (χ2n) is 4.41. The molecule has 0 fully saturated rings. The first-order chi connectivity index (χ1) is 10.3. The van der Waals surface area contributed by atoms with E-state index in [1.807, 2.05) is 49.4 Å². The van der Waals surface area contributed by atoms with Crippen molar-refractivity contribution in [2.45, 2.75) is 13.5 Å². The second-order valence-corrected chi connectivity index (χ2v) is 5.26. The molecule has 0 saturated heterocycles. The highest BCUT2D eigenvalue weighted by molar-refractivity contribution is 9.10. The first kappa shape index (κ1) is 13.9. The van der Waals surface area contributed by atoms with Crippen molar-refractivity contribution in [3.05, 3.63) is 52.5 Å². The van der Waals surface area contributed by atoms with Crippen LogP contribution in [0.4, 0.5) is 0 Å². The average Bonchev–Trinajstić information content (AvgIpc) is 2.93. The van der Waals surface area contributed by atoms with Crippen LogP contribution in [0.2, 0.25) is 0 Å². The van der Waals surface area contributed by atoms with Gasteiger partial charge in [-0.05, 0) is 40.5 Å². The highest BCUT2D eigenvalue weighted by atomic mass is 79.9. The van der Waals surface area contributed by atoms with Crippen LogP contribution in [0.3, 0.4) is 0 Å². The molecule has 0 N–H and O–H groups in total. The summed E-state index contributed by atoms with van der Waals surface area (Å²) in [5.74, 6) is 0.673. The van der Waals surface area contributed by atoms with Gasteiger partial charge in [0.15, 0.2) is 11.1 Å². The van der Waals surface area contributed by atoms with Crippen LogP contribution in [0.25, 0.3) is 11.1 Å². The van der Waals surface area contributed by atoms with Gasteiger partial charge in [-0.25, -0.2) is 0 Å². The monoisotopic (exact) mass is 347 g/mol. The number of oxazole rings is 1. The van der Waals surface area contributed by atoms with E-state index < -0.39 is 0 Å². The van der Waals surface area contributed by atoms with Gasteiger partial charge in [0.05, 0.1) is 11.1 Å². The molecule has 0 atom stereocenters. The Morgan fingerprint density at radius 1 is 1.10 bits per heavy atom. The zero-order valence-corrected chi connectivity index (χ0v) is 13.1. The van der Waals surface area contributed by atoms with Crippen LogP contribution in [0, 0.1) is 0 Å². The molecule has 1 heterocycles. The lowest BCUT2D eigenvalue weighted by Crippen LogP contribution is -1.96. The summed E-state index contributed by atoms with van der Waals surface area (Å²) in [7, 11) is 0. The van der Waals surface area contributed by atoms with Crippen LogP contribution < -0.4 is 9.47 Å². The fourth-order valence-electron chi connectivity index (χ4n) is 1.97. The van der Waals surface area contributed by atoms with E-state index in [2.05, 4.69) is 20.9 Å². The number of rotatable bonds is 5. The molecule has 1 aromatic heterocycles. The maximum Gasteiger partial charge on any atom is 0.394 e. The maximum atomic E-state index is 5.85. The summed E-state index contributed by atoms with van der Waals surface area (Å²) in [6, 6.07) is 13.7. The van der Waals surface area contributed by atoms with Gasteiger partial charge in [0, 0.05) is 0 Å². The van der Waals surface area contributed by atoms with Crippen molar-refractivity contribution in [1.29, 1.82) is 0 Å². The smallest absolute Gasteiger partial charge is 0.394 e. The molecule has 0 saturated carbocycles. The summed E-state index contributed by atoms with van der Waals surface area (Å²) in [6.45, 7) is 2.87. The zero-order valence-electron chi connectivity index (χ0n) is 11.5. The number of halogens is 1. The van der Waals surface area contributed by atoms with Gasteiger partial charge in [0.25, 0.3) is 0 Å². The van der Waals surface area contributed by atoms with Gasteiger partial charge in [-0.2, -0.15) is 4.98 Å². The summed E-state index contributed by atoms with van der Waals surface area (Å²) in [5, 5.41) is 0. The number of hydrogen-bond acceptors (Lipinski definition) is 4. The van der Waals surface area contributed by atoms with Crippen LogP contribution >= 0.6 is 15.9 Å². The summed E-state index contributed by atoms with van der Waals surface area (Å²) in [5.41, 5.74) is 2.38. The minimum absolute atomic E-state index is 0.254. The highest BCUT2D eigenvalue weighted by Gasteiger charge is 2.14.